The molecule has 0 atom stereocenters. The van der Waals surface area contributed by atoms with E-state index in [0.29, 0.717) is 85.4 Å². The minimum Gasteiger partial charge on any atom is -0.484 e. The fourth-order valence-electron chi connectivity index (χ4n) is 11.7. The molecule has 24 heteroatoms. The van der Waals surface area contributed by atoms with Crippen LogP contribution in [0.5, 0.6) is 34.5 Å². The molecule has 9 rings (SSSR count). The fourth-order valence-corrected chi connectivity index (χ4v) is 11.7. The molecule has 590 valence electrons. The molecule has 0 aliphatic carbocycles. The van der Waals surface area contributed by atoms with Crippen molar-refractivity contribution in [2.24, 2.45) is 5.73 Å². The first-order valence-electron chi connectivity index (χ1n) is 38.0. The lowest BCUT2D eigenvalue weighted by Gasteiger charge is -2.24. The standard InChI is InChI=1S/C88H103N9O15/c1-3-91-83(98)71-37-38-75(81(111-63-69-33-19-8-20-34-69)77(71)107-59-65-25-11-4-12-26-65)87(102)95-49-51-97(53-54-105-57-58-106-56-55-104-2)52-50-96-88(103)76-42-41-74(80(110-62-68-31-17-7-18-32-68)82(76)112-64-70-35-21-9-22-36-70)86(101)94-48-46-90-45-47-93-85(100)73-40-39-72(84(99)92-44-24-10-23-43-89)78(108-60-66-27-13-5-14-28-66)79(73)109-61-67-29-15-6-16-30-67/h4-9,11-22,25-42,90H,3,10,23-24,43-64,89H2,1-2H3,(H,91,98)(H,92,99)(H,93,100)(H,94,101)(H,95,102)(H,96,103). The van der Waals surface area contributed by atoms with Gasteiger partial charge in [-0.1, -0.05) is 188 Å². The van der Waals surface area contributed by atoms with Gasteiger partial charge in [0.05, 0.1) is 66.4 Å². The number of unbranched alkanes of at least 4 members (excludes halogenated alkanes) is 2. The molecule has 6 amide bonds. The van der Waals surface area contributed by atoms with Crippen molar-refractivity contribution in [3.05, 3.63) is 285 Å². The van der Waals surface area contributed by atoms with Crippen LogP contribution in [-0.4, -0.2) is 159 Å². The average Bonchev–Trinajstić information content (AvgIpc) is 0.805. The Bertz CT molecular complexity index is 4340. The Kier molecular flexibility index (Phi) is 36.2. The molecule has 0 spiro atoms. The molecule has 0 unspecified atom stereocenters. The SMILES string of the molecule is CCNC(=O)c1ccc(C(=O)NCCN(CCNC(=O)c2ccc(C(=O)NCCNCCNC(=O)c3ccc(C(=O)NCCCCCN)c(OCc4ccccc4)c3OCc3ccccc3)c(OCc3ccccc3)c2OCc2ccccc2)CCOCCOCCOC)c(OCc2ccccc2)c1OCc1ccccc1. The number of nitrogens with one attached hydrogen (secondary N) is 7. The first kappa shape index (κ1) is 84.4. The van der Waals surface area contributed by atoms with Gasteiger partial charge in [-0.05, 0) is 96.1 Å². The van der Waals surface area contributed by atoms with E-state index in [2.05, 4.69) is 37.2 Å². The number of ether oxygens (including phenoxy) is 9. The van der Waals surface area contributed by atoms with Crippen molar-refractivity contribution in [1.29, 1.82) is 0 Å². The number of amides is 6. The van der Waals surface area contributed by atoms with E-state index in [1.165, 1.54) is 6.07 Å². The molecule has 9 aromatic rings. The van der Waals surface area contributed by atoms with Gasteiger partial charge in [0.15, 0.2) is 34.5 Å². The summed E-state index contributed by atoms with van der Waals surface area (Å²) in [5.74, 6) is -2.10. The van der Waals surface area contributed by atoms with Crippen LogP contribution in [0.4, 0.5) is 0 Å². The fraction of sp³-hybridized carbons (Fsp3) is 0.318. The van der Waals surface area contributed by atoms with Crippen molar-refractivity contribution in [3.8, 4) is 34.5 Å². The second-order valence-corrected chi connectivity index (χ2v) is 25.9. The third-order valence-electron chi connectivity index (χ3n) is 17.6. The number of nitrogens with zero attached hydrogens (tertiary/aromatic N) is 1. The first-order valence-corrected chi connectivity index (χ1v) is 38.0. The van der Waals surface area contributed by atoms with Gasteiger partial charge in [-0.3, -0.25) is 33.7 Å². The Morgan fingerprint density at radius 2 is 0.562 bits per heavy atom. The van der Waals surface area contributed by atoms with E-state index in [0.717, 1.165) is 52.6 Å². The molecule has 9 aromatic carbocycles. The van der Waals surface area contributed by atoms with Crippen LogP contribution in [0.15, 0.2) is 218 Å². The largest absolute Gasteiger partial charge is 0.484 e. The van der Waals surface area contributed by atoms with Gasteiger partial charge < -0.3 is 85.6 Å². The molecule has 24 nitrogen and oxygen atoms in total. The molecule has 0 bridgehead atoms. The van der Waals surface area contributed by atoms with Crippen LogP contribution < -0.4 is 71.4 Å². The molecule has 0 saturated carbocycles. The van der Waals surface area contributed by atoms with Crippen LogP contribution >= 0.6 is 0 Å². The number of rotatable bonds is 51. The second kappa shape index (κ2) is 48.1. The Morgan fingerprint density at radius 3 is 0.848 bits per heavy atom. The zero-order valence-corrected chi connectivity index (χ0v) is 63.8. The van der Waals surface area contributed by atoms with Gasteiger partial charge in [0.2, 0.25) is 0 Å². The van der Waals surface area contributed by atoms with Gasteiger partial charge in [0.1, 0.15) is 39.6 Å². The first-order chi connectivity index (χ1) is 55.0. The molecule has 9 N–H and O–H groups in total. The molecule has 0 fully saturated rings. The predicted octanol–water partition coefficient (Wildman–Crippen LogP) is 10.7. The lowest BCUT2D eigenvalue weighted by Crippen LogP contribution is -2.41. The molecular weight excluding hydrogens is 1420 g/mol. The van der Waals surface area contributed by atoms with Crippen molar-refractivity contribution in [2.75, 3.05) is 119 Å². The van der Waals surface area contributed by atoms with Crippen LogP contribution in [0.3, 0.4) is 0 Å². The highest BCUT2D eigenvalue weighted by molar-refractivity contribution is 6.05. The molecular formula is C88H103N9O15. The third kappa shape index (κ3) is 27.7. The number of benzene rings is 9. The van der Waals surface area contributed by atoms with Crippen LogP contribution in [0.2, 0.25) is 0 Å². The van der Waals surface area contributed by atoms with E-state index >= 15 is 0 Å². The van der Waals surface area contributed by atoms with E-state index in [-0.39, 0.29) is 146 Å². The number of carbonyl (C=O) groups excluding carboxylic acids is 6. The maximum Gasteiger partial charge on any atom is 0.255 e. The summed E-state index contributed by atoms with van der Waals surface area (Å²) in [5.41, 5.74) is 11.7. The normalized spacial score (nSPS) is 10.9. The van der Waals surface area contributed by atoms with E-state index in [4.69, 9.17) is 48.4 Å². The zero-order chi connectivity index (χ0) is 78.6. The summed E-state index contributed by atoms with van der Waals surface area (Å²) >= 11 is 0. The van der Waals surface area contributed by atoms with Gasteiger partial charge in [-0.25, -0.2) is 0 Å². The Balaban J connectivity index is 0.883. The minimum atomic E-state index is -0.504. The van der Waals surface area contributed by atoms with Gasteiger partial charge >= 0.3 is 0 Å². The zero-order valence-electron chi connectivity index (χ0n) is 63.8. The summed E-state index contributed by atoms with van der Waals surface area (Å²) in [4.78, 5) is 87.6. The summed E-state index contributed by atoms with van der Waals surface area (Å²) in [6.07, 6.45) is 2.44. The number of nitrogens with two attached hydrogens (primary N) is 1. The molecule has 0 heterocycles. The van der Waals surface area contributed by atoms with Crippen molar-refractivity contribution in [1.82, 2.24) is 42.1 Å². The summed E-state index contributed by atoms with van der Waals surface area (Å²) in [6.45, 7) is 7.67. The van der Waals surface area contributed by atoms with Crippen LogP contribution in [-0.2, 0) is 53.9 Å². The molecule has 0 radical (unpaired) electrons. The highest BCUT2D eigenvalue weighted by atomic mass is 16.5. The van der Waals surface area contributed by atoms with Gasteiger partial charge in [-0.15, -0.1) is 0 Å². The molecule has 0 aromatic heterocycles. The van der Waals surface area contributed by atoms with Gasteiger partial charge in [0.25, 0.3) is 35.4 Å². The van der Waals surface area contributed by atoms with E-state index in [1.54, 1.807) is 37.4 Å². The maximum atomic E-state index is 14.8. The number of hydrogen-bond donors (Lipinski definition) is 8. The van der Waals surface area contributed by atoms with Crippen molar-refractivity contribution < 1.29 is 71.4 Å². The van der Waals surface area contributed by atoms with Crippen molar-refractivity contribution >= 4 is 35.4 Å². The van der Waals surface area contributed by atoms with Crippen LogP contribution in [0, 0.1) is 0 Å². The van der Waals surface area contributed by atoms with Crippen molar-refractivity contribution in [2.45, 2.75) is 65.8 Å². The number of carbonyl (C=O) groups is 6. The lowest BCUT2D eigenvalue weighted by atomic mass is 10.1. The summed E-state index contributed by atoms with van der Waals surface area (Å²) in [6, 6.07) is 66.2. The second-order valence-electron chi connectivity index (χ2n) is 25.9. The third-order valence-corrected chi connectivity index (χ3v) is 17.6. The summed E-state index contributed by atoms with van der Waals surface area (Å²) < 4.78 is 55.7. The Hall–Kier alpha value is -11.6. The van der Waals surface area contributed by atoms with Crippen LogP contribution in [0.1, 0.15) is 122 Å². The molecule has 0 saturated heterocycles. The minimum absolute atomic E-state index is 0.0240. The van der Waals surface area contributed by atoms with Gasteiger partial charge in [-0.2, -0.15) is 0 Å². The highest BCUT2D eigenvalue weighted by Crippen LogP contribution is 2.40. The monoisotopic (exact) mass is 1530 g/mol. The predicted molar refractivity (Wildman–Crippen MR) is 429 cm³/mol. The van der Waals surface area contributed by atoms with E-state index in [1.807, 2.05) is 194 Å². The molecule has 0 aliphatic heterocycles. The van der Waals surface area contributed by atoms with E-state index in [9.17, 15) is 28.8 Å². The molecule has 0 aliphatic rings. The number of methoxy groups -OCH3 is 1. The lowest BCUT2D eigenvalue weighted by molar-refractivity contribution is 0.0196. The van der Waals surface area contributed by atoms with E-state index < -0.39 is 23.6 Å². The highest BCUT2D eigenvalue weighted by Gasteiger charge is 2.29. The Morgan fingerprint density at radius 1 is 0.295 bits per heavy atom. The average molecular weight is 1530 g/mol. The molecule has 112 heavy (non-hydrogen) atoms. The smallest absolute Gasteiger partial charge is 0.255 e. The Labute approximate surface area is 655 Å². The topological polar surface area (TPSA) is 299 Å². The van der Waals surface area contributed by atoms with Crippen molar-refractivity contribution in [3.63, 3.8) is 0 Å². The quantitative estimate of drug-likeness (QED) is 0.0164. The number of hydrogen-bond acceptors (Lipinski definition) is 18. The van der Waals surface area contributed by atoms with Crippen LogP contribution in [0.25, 0.3) is 0 Å². The summed E-state index contributed by atoms with van der Waals surface area (Å²) in [7, 11) is 1.61. The maximum absolute atomic E-state index is 14.8. The summed E-state index contributed by atoms with van der Waals surface area (Å²) in [5, 5.41) is 21.3. The van der Waals surface area contributed by atoms with Gasteiger partial charge in [0, 0.05) is 79.1 Å².